The number of fused-ring (bicyclic) bond motifs is 1. The molecular weight excluding hydrogens is 329 g/mol. The molecule has 3 aromatic rings. The molecule has 25 heavy (non-hydrogen) atoms. The van der Waals surface area contributed by atoms with E-state index in [-0.39, 0.29) is 76.9 Å². The van der Waals surface area contributed by atoms with Gasteiger partial charge >= 0.3 is 29.6 Å². The maximum Gasteiger partial charge on any atom is 1.00 e. The molecule has 1 aromatic carbocycles. The van der Waals surface area contributed by atoms with Gasteiger partial charge in [-0.25, -0.2) is 4.98 Å². The van der Waals surface area contributed by atoms with Crippen LogP contribution in [-0.4, -0.2) is 15.9 Å². The van der Waals surface area contributed by atoms with Gasteiger partial charge in [0.15, 0.2) is 5.78 Å². The zero-order chi connectivity index (χ0) is 16.7. The molecule has 0 amide bonds. The van der Waals surface area contributed by atoms with E-state index in [1.807, 2.05) is 0 Å². The van der Waals surface area contributed by atoms with Gasteiger partial charge in [0.2, 0.25) is 0 Å². The first-order valence-electron chi connectivity index (χ1n) is 7.69. The number of allylic oxidation sites excluding steroid dienone is 2. The molecule has 1 aliphatic rings. The fourth-order valence-electron chi connectivity index (χ4n) is 3.18. The Balaban J connectivity index is 0.00000182. The molecule has 0 radical (unpaired) electrons. The fraction of sp³-hybridized carbons (Fsp3) is 0.158. The van der Waals surface area contributed by atoms with Crippen LogP contribution in [0.25, 0.3) is 16.5 Å². The Bertz CT molecular complexity index is 963. The fourth-order valence-corrected chi connectivity index (χ4v) is 3.18. The number of rotatable bonds is 2. The third kappa shape index (κ3) is 3.23. The largest absolute Gasteiger partial charge is 1.00 e. The molecule has 0 spiro atoms. The van der Waals surface area contributed by atoms with Crippen LogP contribution in [0, 0.1) is 0 Å². The second-order valence-electron chi connectivity index (χ2n) is 5.89. The topological polar surface area (TPSA) is 86.4 Å². The normalized spacial score (nSPS) is 17.6. The molecule has 1 unspecified atom stereocenters. The first-order chi connectivity index (χ1) is 11.6. The molecular formula is C19H14NNaO4. The predicted octanol–water partition coefficient (Wildman–Crippen LogP) is 0.321. The number of hydrogen-bond acceptors (Lipinski definition) is 5. The molecule has 5 nitrogen and oxygen atoms in total. The second kappa shape index (κ2) is 7.04. The molecule has 2 heterocycles. The third-order valence-corrected chi connectivity index (χ3v) is 4.32. The number of ketones is 1. The van der Waals surface area contributed by atoms with Gasteiger partial charge in [-0.05, 0) is 29.7 Å². The Morgan fingerprint density at radius 3 is 2.68 bits per heavy atom. The molecule has 0 bridgehead atoms. The van der Waals surface area contributed by atoms with E-state index < -0.39 is 0 Å². The van der Waals surface area contributed by atoms with Crippen molar-refractivity contribution in [1.82, 2.24) is 4.98 Å². The van der Waals surface area contributed by atoms with Crippen molar-refractivity contribution in [3.8, 4) is 5.75 Å². The minimum atomic E-state index is -0.234. The van der Waals surface area contributed by atoms with Crippen LogP contribution in [0.4, 0.5) is 0 Å². The summed E-state index contributed by atoms with van der Waals surface area (Å²) in [6, 6.07) is 11.8. The van der Waals surface area contributed by atoms with E-state index >= 15 is 0 Å². The molecule has 0 aliphatic heterocycles. The Morgan fingerprint density at radius 1 is 1.16 bits per heavy atom. The second-order valence-corrected chi connectivity index (χ2v) is 5.89. The van der Waals surface area contributed by atoms with Crippen molar-refractivity contribution in [3.63, 3.8) is 0 Å². The molecule has 0 saturated carbocycles. The van der Waals surface area contributed by atoms with Gasteiger partial charge in [-0.15, -0.1) is 0 Å². The minimum absolute atomic E-state index is 0. The third-order valence-electron chi connectivity index (χ3n) is 4.32. The molecule has 0 saturated heterocycles. The summed E-state index contributed by atoms with van der Waals surface area (Å²) in [5, 5.41) is 23.1. The van der Waals surface area contributed by atoms with Crippen LogP contribution >= 0.6 is 0 Å². The van der Waals surface area contributed by atoms with Gasteiger partial charge in [0, 0.05) is 18.8 Å². The number of benzene rings is 1. The van der Waals surface area contributed by atoms with Gasteiger partial charge in [-0.1, -0.05) is 23.9 Å². The number of Topliss-reactive ketones (excluding diaryl/α,β-unsaturated/α-hetero) is 1. The van der Waals surface area contributed by atoms with Crippen LogP contribution in [-0.2, 0) is 4.79 Å². The summed E-state index contributed by atoms with van der Waals surface area (Å²) in [4.78, 5) is 16.9. The number of aromatic nitrogens is 1. The van der Waals surface area contributed by atoms with Crippen LogP contribution in [0.2, 0.25) is 0 Å². The van der Waals surface area contributed by atoms with Crippen molar-refractivity contribution in [1.29, 1.82) is 0 Å². The number of carbonyl (C=O) groups is 1. The average molecular weight is 343 g/mol. The Hall–Kier alpha value is -2.08. The number of para-hydroxylation sites is 1. The summed E-state index contributed by atoms with van der Waals surface area (Å²) >= 11 is 0. The first kappa shape index (κ1) is 17.7. The average Bonchev–Trinajstić information content (AvgIpc) is 3.09. The standard InChI is InChI=1S/C19H15NO4.Na/c21-15-10-14(20-13-5-2-1-4-12(13)15)19-16(22)8-11(9-17(19)23)18-6-3-7-24-18;/h1-7,10-11,22H,8-9H2,(H,20,21);/q;+1/p-1. The van der Waals surface area contributed by atoms with E-state index in [0.717, 1.165) is 0 Å². The van der Waals surface area contributed by atoms with Crippen LogP contribution < -0.4 is 34.7 Å². The van der Waals surface area contributed by atoms with Gasteiger partial charge in [0.05, 0.1) is 23.0 Å². The summed E-state index contributed by atoms with van der Waals surface area (Å²) in [6.45, 7) is 0. The smallest absolute Gasteiger partial charge is 0.872 e. The maximum atomic E-state index is 12.6. The van der Waals surface area contributed by atoms with Crippen molar-refractivity contribution in [2.45, 2.75) is 18.8 Å². The molecule has 0 fully saturated rings. The molecule has 6 heteroatoms. The molecule has 1 N–H and O–H groups in total. The van der Waals surface area contributed by atoms with Gasteiger partial charge < -0.3 is 14.6 Å². The van der Waals surface area contributed by atoms with E-state index in [9.17, 15) is 15.0 Å². The summed E-state index contributed by atoms with van der Waals surface area (Å²) < 4.78 is 5.34. The zero-order valence-corrected chi connectivity index (χ0v) is 15.7. The van der Waals surface area contributed by atoms with Crippen LogP contribution in [0.1, 0.15) is 30.2 Å². The van der Waals surface area contributed by atoms with E-state index in [2.05, 4.69) is 4.98 Å². The number of aliphatic hydroxyl groups excluding tert-OH is 1. The van der Waals surface area contributed by atoms with Crippen molar-refractivity contribution in [2.75, 3.05) is 0 Å². The van der Waals surface area contributed by atoms with Crippen LogP contribution in [0.15, 0.2) is 58.9 Å². The molecule has 120 valence electrons. The van der Waals surface area contributed by atoms with E-state index in [0.29, 0.717) is 16.7 Å². The maximum absolute atomic E-state index is 12.6. The number of hydrogen-bond donors (Lipinski definition) is 1. The van der Waals surface area contributed by atoms with Crippen molar-refractivity contribution >= 4 is 22.3 Å². The molecule has 4 rings (SSSR count). The van der Waals surface area contributed by atoms with Crippen molar-refractivity contribution < 1.29 is 49.0 Å². The minimum Gasteiger partial charge on any atom is -0.872 e. The molecule has 1 atom stereocenters. The zero-order valence-electron chi connectivity index (χ0n) is 13.7. The van der Waals surface area contributed by atoms with E-state index in [1.54, 1.807) is 42.7 Å². The number of furan rings is 1. The quantitative estimate of drug-likeness (QED) is 0.678. The van der Waals surface area contributed by atoms with E-state index in [1.165, 1.54) is 6.07 Å². The van der Waals surface area contributed by atoms with Gasteiger partial charge in [0.25, 0.3) is 0 Å². The molecule has 1 aliphatic carbocycles. The van der Waals surface area contributed by atoms with Gasteiger partial charge in [-0.3, -0.25) is 4.79 Å². The summed E-state index contributed by atoms with van der Waals surface area (Å²) in [6.07, 6.45) is 2.05. The summed E-state index contributed by atoms with van der Waals surface area (Å²) in [7, 11) is 0. The summed E-state index contributed by atoms with van der Waals surface area (Å²) in [5.41, 5.74) is 0.890. The Labute approximate surface area is 166 Å². The number of carbonyl (C=O) groups excluding carboxylic acids is 1. The summed E-state index contributed by atoms with van der Waals surface area (Å²) in [5.74, 6) is -0.0117. The van der Waals surface area contributed by atoms with Crippen LogP contribution in [0.3, 0.4) is 0 Å². The number of aliphatic hydroxyl groups is 1. The van der Waals surface area contributed by atoms with E-state index in [4.69, 9.17) is 4.42 Å². The first-order valence-corrected chi connectivity index (χ1v) is 7.69. The Morgan fingerprint density at radius 2 is 1.96 bits per heavy atom. The Kier molecular flexibility index (Phi) is 4.99. The van der Waals surface area contributed by atoms with Gasteiger partial charge in [0.1, 0.15) is 11.5 Å². The number of nitrogens with zero attached hydrogens (tertiary/aromatic N) is 1. The molecule has 2 aromatic heterocycles. The monoisotopic (exact) mass is 343 g/mol. The predicted molar refractivity (Wildman–Crippen MR) is 86.4 cm³/mol. The van der Waals surface area contributed by atoms with Crippen molar-refractivity contribution in [2.24, 2.45) is 0 Å². The SMILES string of the molecule is O=C1CC(c2ccco2)CC(O)=C1c1cc([O-])c2ccccc2n1.[Na+]. The van der Waals surface area contributed by atoms with Crippen molar-refractivity contribution in [3.05, 3.63) is 65.9 Å². The van der Waals surface area contributed by atoms with Crippen LogP contribution in [0.5, 0.6) is 5.75 Å². The number of pyridine rings is 1. The van der Waals surface area contributed by atoms with Gasteiger partial charge in [-0.2, -0.15) is 0 Å².